The maximum absolute atomic E-state index is 13.5. The minimum atomic E-state index is -2.76. The van der Waals surface area contributed by atoms with Crippen LogP contribution in [0.3, 0.4) is 0 Å². The third-order valence-corrected chi connectivity index (χ3v) is 6.15. The first-order valence-electron chi connectivity index (χ1n) is 10.2. The van der Waals surface area contributed by atoms with Crippen LogP contribution in [0.25, 0.3) is 0 Å². The molecule has 2 aliphatic rings. The predicted molar refractivity (Wildman–Crippen MR) is 105 cm³/mol. The molecule has 6 heteroatoms. The van der Waals surface area contributed by atoms with Crippen LogP contribution in [-0.2, 0) is 4.79 Å². The SMILES string of the molecule is CC(C)(C)CCN1CC2(CCC(C(=O)Nc3cc(F)cc(C(F)F)c3)CC2)C1. The molecule has 0 radical (unpaired) electrons. The highest BCUT2D eigenvalue weighted by atomic mass is 19.3. The van der Waals surface area contributed by atoms with E-state index in [1.165, 1.54) is 6.42 Å². The van der Waals surface area contributed by atoms with E-state index in [0.29, 0.717) is 10.8 Å². The molecule has 0 atom stereocenters. The summed E-state index contributed by atoms with van der Waals surface area (Å²) in [5, 5.41) is 2.63. The number of hydrogen-bond acceptors (Lipinski definition) is 2. The summed E-state index contributed by atoms with van der Waals surface area (Å²) >= 11 is 0. The zero-order valence-corrected chi connectivity index (χ0v) is 17.0. The van der Waals surface area contributed by atoms with Gasteiger partial charge in [-0.1, -0.05) is 20.8 Å². The van der Waals surface area contributed by atoms with Crippen LogP contribution in [0.4, 0.5) is 18.9 Å². The molecule has 1 amide bonds. The Labute approximate surface area is 165 Å². The van der Waals surface area contributed by atoms with Crippen molar-refractivity contribution in [3.05, 3.63) is 29.6 Å². The van der Waals surface area contributed by atoms with Crippen molar-refractivity contribution in [1.82, 2.24) is 4.90 Å². The Hall–Kier alpha value is -1.56. The van der Waals surface area contributed by atoms with Gasteiger partial charge in [-0.15, -0.1) is 0 Å². The standard InChI is InChI=1S/C22H31F3N2O/c1-21(2,3)8-9-27-13-22(14-27)6-4-15(5-7-22)20(28)26-18-11-16(19(24)25)10-17(23)12-18/h10-12,15,19H,4-9,13-14H2,1-3H3,(H,26,28). The van der Waals surface area contributed by atoms with Crippen molar-refractivity contribution in [2.45, 2.75) is 59.3 Å². The number of halogens is 3. The molecular formula is C22H31F3N2O. The molecule has 1 saturated heterocycles. The highest BCUT2D eigenvalue weighted by Crippen LogP contribution is 2.46. The van der Waals surface area contributed by atoms with Gasteiger partial charge in [-0.05, 0) is 67.7 Å². The normalized spacial score (nSPS) is 20.4. The number of rotatable bonds is 5. The van der Waals surface area contributed by atoms with E-state index in [2.05, 4.69) is 31.0 Å². The molecule has 1 saturated carbocycles. The molecule has 1 heterocycles. The summed E-state index contributed by atoms with van der Waals surface area (Å²) < 4.78 is 39.2. The minimum Gasteiger partial charge on any atom is -0.326 e. The van der Waals surface area contributed by atoms with E-state index < -0.39 is 17.8 Å². The van der Waals surface area contributed by atoms with Gasteiger partial charge in [0.2, 0.25) is 5.91 Å². The maximum atomic E-state index is 13.5. The second kappa shape index (κ2) is 8.05. The number of benzene rings is 1. The lowest BCUT2D eigenvalue weighted by Gasteiger charge is -2.54. The molecule has 3 nitrogen and oxygen atoms in total. The summed E-state index contributed by atoms with van der Waals surface area (Å²) in [5.74, 6) is -1.09. The number of carbonyl (C=O) groups is 1. The fourth-order valence-corrected chi connectivity index (χ4v) is 4.42. The van der Waals surface area contributed by atoms with Crippen LogP contribution in [0.1, 0.15) is 64.9 Å². The molecule has 1 aliphatic carbocycles. The van der Waals surface area contributed by atoms with Gasteiger partial charge in [-0.3, -0.25) is 4.79 Å². The summed E-state index contributed by atoms with van der Waals surface area (Å²) in [6, 6.07) is 3.04. The topological polar surface area (TPSA) is 32.3 Å². The van der Waals surface area contributed by atoms with E-state index in [4.69, 9.17) is 0 Å². The molecule has 156 valence electrons. The maximum Gasteiger partial charge on any atom is 0.264 e. The summed E-state index contributed by atoms with van der Waals surface area (Å²) in [4.78, 5) is 15.0. The average molecular weight is 396 g/mol. The predicted octanol–water partition coefficient (Wildman–Crippen LogP) is 5.63. The third-order valence-electron chi connectivity index (χ3n) is 6.15. The highest BCUT2D eigenvalue weighted by molar-refractivity contribution is 5.92. The number of amides is 1. The van der Waals surface area contributed by atoms with E-state index in [-0.39, 0.29) is 17.5 Å². The monoisotopic (exact) mass is 396 g/mol. The van der Waals surface area contributed by atoms with Gasteiger partial charge in [-0.2, -0.15) is 0 Å². The molecule has 3 rings (SSSR count). The van der Waals surface area contributed by atoms with Crippen LogP contribution in [0, 0.1) is 22.6 Å². The number of likely N-dealkylation sites (tertiary alicyclic amines) is 1. The molecule has 0 unspecified atom stereocenters. The van der Waals surface area contributed by atoms with Crippen molar-refractivity contribution in [2.75, 3.05) is 25.0 Å². The summed E-state index contributed by atoms with van der Waals surface area (Å²) in [6.45, 7) is 10.1. The van der Waals surface area contributed by atoms with Gasteiger partial charge in [0.25, 0.3) is 6.43 Å². The first-order valence-corrected chi connectivity index (χ1v) is 10.2. The number of alkyl halides is 2. The Morgan fingerprint density at radius 1 is 1.21 bits per heavy atom. The van der Waals surface area contributed by atoms with Crippen LogP contribution in [0.2, 0.25) is 0 Å². The van der Waals surface area contributed by atoms with E-state index in [0.717, 1.165) is 63.5 Å². The van der Waals surface area contributed by atoms with Crippen molar-refractivity contribution in [2.24, 2.45) is 16.7 Å². The van der Waals surface area contributed by atoms with Gasteiger partial charge in [0.1, 0.15) is 5.82 Å². The molecule has 0 bridgehead atoms. The number of hydrogen-bond donors (Lipinski definition) is 1. The largest absolute Gasteiger partial charge is 0.326 e. The van der Waals surface area contributed by atoms with Crippen LogP contribution < -0.4 is 5.32 Å². The van der Waals surface area contributed by atoms with Crippen molar-refractivity contribution in [1.29, 1.82) is 0 Å². The molecule has 0 aromatic heterocycles. The lowest BCUT2D eigenvalue weighted by molar-refractivity contribution is -0.123. The average Bonchev–Trinajstić information content (AvgIpc) is 2.57. The van der Waals surface area contributed by atoms with Crippen LogP contribution in [0.15, 0.2) is 18.2 Å². The molecule has 1 aromatic rings. The van der Waals surface area contributed by atoms with Crippen LogP contribution >= 0.6 is 0 Å². The first kappa shape index (κ1) is 21.2. The van der Waals surface area contributed by atoms with Gasteiger partial charge in [-0.25, -0.2) is 13.2 Å². The second-order valence-corrected chi connectivity index (χ2v) is 9.86. The van der Waals surface area contributed by atoms with Gasteiger partial charge in [0.15, 0.2) is 0 Å². The minimum absolute atomic E-state index is 0.109. The highest BCUT2D eigenvalue weighted by Gasteiger charge is 2.45. The van der Waals surface area contributed by atoms with Gasteiger partial charge >= 0.3 is 0 Å². The molecule has 1 aliphatic heterocycles. The van der Waals surface area contributed by atoms with E-state index >= 15 is 0 Å². The van der Waals surface area contributed by atoms with E-state index in [1.807, 2.05) is 0 Å². The lowest BCUT2D eigenvalue weighted by atomic mass is 9.65. The van der Waals surface area contributed by atoms with Crippen molar-refractivity contribution in [3.8, 4) is 0 Å². The molecule has 28 heavy (non-hydrogen) atoms. The summed E-state index contributed by atoms with van der Waals surface area (Å²) in [5.41, 5.74) is 0.385. The number of anilines is 1. The number of carbonyl (C=O) groups excluding carboxylic acids is 1. The Morgan fingerprint density at radius 2 is 1.86 bits per heavy atom. The van der Waals surface area contributed by atoms with Crippen molar-refractivity contribution >= 4 is 11.6 Å². The summed E-state index contributed by atoms with van der Waals surface area (Å²) in [7, 11) is 0. The second-order valence-electron chi connectivity index (χ2n) is 9.86. The molecule has 1 N–H and O–H groups in total. The Morgan fingerprint density at radius 3 is 2.43 bits per heavy atom. The zero-order chi connectivity index (χ0) is 20.5. The van der Waals surface area contributed by atoms with E-state index in [1.54, 1.807) is 0 Å². The molecule has 2 fully saturated rings. The molecule has 1 aromatic carbocycles. The molecule has 1 spiro atoms. The Balaban J connectivity index is 1.47. The number of nitrogens with zero attached hydrogens (tertiary/aromatic N) is 1. The fraction of sp³-hybridized carbons (Fsp3) is 0.682. The van der Waals surface area contributed by atoms with Gasteiger partial charge < -0.3 is 10.2 Å². The van der Waals surface area contributed by atoms with Crippen LogP contribution in [0.5, 0.6) is 0 Å². The Bertz CT molecular complexity index is 698. The fourth-order valence-electron chi connectivity index (χ4n) is 4.42. The van der Waals surface area contributed by atoms with E-state index in [9.17, 15) is 18.0 Å². The van der Waals surface area contributed by atoms with Crippen molar-refractivity contribution in [3.63, 3.8) is 0 Å². The first-order chi connectivity index (χ1) is 13.1. The third kappa shape index (κ3) is 5.28. The van der Waals surface area contributed by atoms with Crippen LogP contribution in [-0.4, -0.2) is 30.4 Å². The van der Waals surface area contributed by atoms with Crippen molar-refractivity contribution < 1.29 is 18.0 Å². The Kier molecular flexibility index (Phi) is 6.08. The van der Waals surface area contributed by atoms with Gasteiger partial charge in [0.05, 0.1) is 0 Å². The lowest BCUT2D eigenvalue weighted by Crippen LogP contribution is -2.58. The zero-order valence-electron chi connectivity index (χ0n) is 17.0. The smallest absolute Gasteiger partial charge is 0.264 e. The van der Waals surface area contributed by atoms with Gasteiger partial charge in [0, 0.05) is 30.3 Å². The molecular weight excluding hydrogens is 365 g/mol. The quantitative estimate of drug-likeness (QED) is 0.699. The number of nitrogens with one attached hydrogen (secondary N) is 1. The summed E-state index contributed by atoms with van der Waals surface area (Å²) in [6.07, 6.45) is 2.06.